The second-order valence-electron chi connectivity index (χ2n) is 6.18. The molecule has 0 unspecified atom stereocenters. The van der Waals surface area contributed by atoms with Crippen LogP contribution in [0.25, 0.3) is 11.1 Å². The Bertz CT molecular complexity index is 1030. The highest BCUT2D eigenvalue weighted by Gasteiger charge is 2.25. The third kappa shape index (κ3) is 4.83. The van der Waals surface area contributed by atoms with E-state index in [2.05, 4.69) is 10.1 Å². The number of ether oxygens (including phenoxy) is 2. The molecule has 0 aliphatic rings. The lowest BCUT2D eigenvalue weighted by Gasteiger charge is -2.10. The van der Waals surface area contributed by atoms with Crippen LogP contribution in [0, 0.1) is 6.92 Å². The van der Waals surface area contributed by atoms with Gasteiger partial charge in [-0.3, -0.25) is 4.79 Å². The van der Waals surface area contributed by atoms with E-state index < -0.39 is 18.5 Å². The standard InChI is InChI=1S/C22H19F2NO4S/c1-3-28-21(27)18-17(14-7-5-4-6-8-14)13(2)30-20(18)25-19(26)15-9-11-16(12-10-15)29-22(23)24/h4-12,22H,3H2,1-2H3,(H,25,26). The van der Waals surface area contributed by atoms with Crippen LogP contribution in [-0.4, -0.2) is 25.1 Å². The van der Waals surface area contributed by atoms with Crippen molar-refractivity contribution in [3.63, 3.8) is 0 Å². The maximum Gasteiger partial charge on any atom is 0.387 e. The molecule has 1 aromatic heterocycles. The zero-order valence-electron chi connectivity index (χ0n) is 16.3. The SMILES string of the molecule is CCOC(=O)c1c(NC(=O)c2ccc(OC(F)F)cc2)sc(C)c1-c1ccccc1. The number of aryl methyl sites for hydroxylation is 1. The average Bonchev–Trinajstić information content (AvgIpc) is 3.04. The fourth-order valence-corrected chi connectivity index (χ4v) is 4.01. The molecular formula is C22H19F2NO4S. The van der Waals surface area contributed by atoms with Crippen LogP contribution in [0.1, 0.15) is 32.5 Å². The van der Waals surface area contributed by atoms with Gasteiger partial charge in [-0.2, -0.15) is 8.78 Å². The number of carbonyl (C=O) groups is 2. The van der Waals surface area contributed by atoms with Gasteiger partial charge in [-0.15, -0.1) is 11.3 Å². The molecule has 0 fully saturated rings. The number of alkyl halides is 2. The van der Waals surface area contributed by atoms with Crippen molar-refractivity contribution in [2.24, 2.45) is 0 Å². The number of benzene rings is 2. The molecule has 156 valence electrons. The van der Waals surface area contributed by atoms with Crippen molar-refractivity contribution in [2.45, 2.75) is 20.5 Å². The summed E-state index contributed by atoms with van der Waals surface area (Å²) in [6.07, 6.45) is 0. The van der Waals surface area contributed by atoms with E-state index in [4.69, 9.17) is 4.74 Å². The number of halogens is 2. The summed E-state index contributed by atoms with van der Waals surface area (Å²) >= 11 is 1.27. The quantitative estimate of drug-likeness (QED) is 0.484. The van der Waals surface area contributed by atoms with Crippen molar-refractivity contribution < 1.29 is 27.8 Å². The van der Waals surface area contributed by atoms with Gasteiger partial charge in [0.1, 0.15) is 16.3 Å². The average molecular weight is 431 g/mol. The maximum absolute atomic E-state index is 12.7. The molecule has 0 atom stereocenters. The van der Waals surface area contributed by atoms with E-state index in [9.17, 15) is 18.4 Å². The van der Waals surface area contributed by atoms with Crippen LogP contribution in [0.3, 0.4) is 0 Å². The number of hydrogen-bond acceptors (Lipinski definition) is 5. The number of esters is 1. The molecule has 3 aromatic rings. The highest BCUT2D eigenvalue weighted by molar-refractivity contribution is 7.17. The van der Waals surface area contributed by atoms with E-state index in [1.54, 1.807) is 6.92 Å². The predicted molar refractivity (Wildman–Crippen MR) is 111 cm³/mol. The Morgan fingerprint density at radius 1 is 1.07 bits per heavy atom. The normalized spacial score (nSPS) is 10.7. The fraction of sp³-hybridized carbons (Fsp3) is 0.182. The molecular weight excluding hydrogens is 412 g/mol. The third-order valence-electron chi connectivity index (χ3n) is 4.20. The second-order valence-corrected chi connectivity index (χ2v) is 7.41. The Balaban J connectivity index is 1.93. The smallest absolute Gasteiger partial charge is 0.387 e. The highest BCUT2D eigenvalue weighted by atomic mass is 32.1. The first kappa shape index (κ1) is 21.4. The second kappa shape index (κ2) is 9.49. The Kier molecular flexibility index (Phi) is 6.79. The van der Waals surface area contributed by atoms with Crippen LogP contribution in [0.4, 0.5) is 13.8 Å². The predicted octanol–water partition coefficient (Wildman–Crippen LogP) is 5.75. The molecule has 30 heavy (non-hydrogen) atoms. The van der Waals surface area contributed by atoms with Crippen LogP contribution < -0.4 is 10.1 Å². The summed E-state index contributed by atoms with van der Waals surface area (Å²) in [6.45, 7) is 0.825. The molecule has 3 rings (SSSR count). The van der Waals surface area contributed by atoms with Gasteiger partial charge in [-0.05, 0) is 43.7 Å². The number of nitrogens with one attached hydrogen (secondary N) is 1. The molecule has 0 saturated heterocycles. The first-order chi connectivity index (χ1) is 14.4. The number of hydrogen-bond donors (Lipinski definition) is 1. The molecule has 0 spiro atoms. The number of anilines is 1. The van der Waals surface area contributed by atoms with Gasteiger partial charge in [0.25, 0.3) is 5.91 Å². The van der Waals surface area contributed by atoms with Gasteiger partial charge in [0.2, 0.25) is 0 Å². The van der Waals surface area contributed by atoms with Gasteiger partial charge >= 0.3 is 12.6 Å². The largest absolute Gasteiger partial charge is 0.462 e. The summed E-state index contributed by atoms with van der Waals surface area (Å²) < 4.78 is 34.1. The summed E-state index contributed by atoms with van der Waals surface area (Å²) in [6, 6.07) is 14.7. The molecule has 8 heteroatoms. The first-order valence-corrected chi connectivity index (χ1v) is 9.94. The zero-order valence-corrected chi connectivity index (χ0v) is 17.1. The van der Waals surface area contributed by atoms with Crippen LogP contribution in [0.2, 0.25) is 0 Å². The summed E-state index contributed by atoms with van der Waals surface area (Å²) in [5.41, 5.74) is 2.06. The van der Waals surface area contributed by atoms with E-state index >= 15 is 0 Å². The van der Waals surface area contributed by atoms with E-state index in [1.165, 1.54) is 35.6 Å². The van der Waals surface area contributed by atoms with Crippen molar-refractivity contribution in [2.75, 3.05) is 11.9 Å². The Hall–Kier alpha value is -3.26. The molecule has 0 radical (unpaired) electrons. The fourth-order valence-electron chi connectivity index (χ4n) is 2.95. The third-order valence-corrected chi connectivity index (χ3v) is 5.22. The van der Waals surface area contributed by atoms with Crippen molar-refractivity contribution >= 4 is 28.2 Å². The Labute approximate surface area is 176 Å². The summed E-state index contributed by atoms with van der Waals surface area (Å²) in [5, 5.41) is 3.11. The Morgan fingerprint density at radius 2 is 1.73 bits per heavy atom. The Morgan fingerprint density at radius 3 is 2.33 bits per heavy atom. The minimum atomic E-state index is -2.94. The molecule has 0 aliphatic heterocycles. The summed E-state index contributed by atoms with van der Waals surface area (Å²) in [7, 11) is 0. The van der Waals surface area contributed by atoms with Crippen molar-refractivity contribution in [1.29, 1.82) is 0 Å². The number of carbonyl (C=O) groups excluding carboxylic acids is 2. The lowest BCUT2D eigenvalue weighted by atomic mass is 10.0. The van der Waals surface area contributed by atoms with Crippen LogP contribution in [-0.2, 0) is 4.74 Å². The minimum absolute atomic E-state index is 0.0490. The van der Waals surface area contributed by atoms with E-state index in [-0.39, 0.29) is 23.5 Å². The molecule has 1 amide bonds. The monoisotopic (exact) mass is 431 g/mol. The first-order valence-electron chi connectivity index (χ1n) is 9.12. The summed E-state index contributed by atoms with van der Waals surface area (Å²) in [4.78, 5) is 26.2. The van der Waals surface area contributed by atoms with Crippen LogP contribution in [0.5, 0.6) is 5.75 Å². The molecule has 0 aliphatic carbocycles. The molecule has 5 nitrogen and oxygen atoms in total. The van der Waals surface area contributed by atoms with Crippen molar-refractivity contribution in [3.05, 3.63) is 70.6 Å². The lowest BCUT2D eigenvalue weighted by Crippen LogP contribution is -2.15. The van der Waals surface area contributed by atoms with E-state index in [0.29, 0.717) is 10.6 Å². The van der Waals surface area contributed by atoms with Gasteiger partial charge in [-0.25, -0.2) is 4.79 Å². The molecule has 1 heterocycles. The van der Waals surface area contributed by atoms with Gasteiger partial charge in [0, 0.05) is 16.0 Å². The van der Waals surface area contributed by atoms with Crippen molar-refractivity contribution in [3.8, 4) is 16.9 Å². The van der Waals surface area contributed by atoms with Gasteiger partial charge in [0.05, 0.1) is 6.61 Å². The minimum Gasteiger partial charge on any atom is -0.462 e. The molecule has 1 N–H and O–H groups in total. The maximum atomic E-state index is 12.7. The van der Waals surface area contributed by atoms with Crippen LogP contribution in [0.15, 0.2) is 54.6 Å². The number of rotatable bonds is 7. The van der Waals surface area contributed by atoms with Gasteiger partial charge in [-0.1, -0.05) is 30.3 Å². The number of thiophene rings is 1. The summed E-state index contributed by atoms with van der Waals surface area (Å²) in [5.74, 6) is -1.06. The van der Waals surface area contributed by atoms with E-state index in [0.717, 1.165) is 10.4 Å². The van der Waals surface area contributed by atoms with E-state index in [1.807, 2.05) is 37.3 Å². The lowest BCUT2D eigenvalue weighted by molar-refractivity contribution is -0.0498. The zero-order chi connectivity index (χ0) is 21.7. The van der Waals surface area contributed by atoms with Crippen molar-refractivity contribution in [1.82, 2.24) is 0 Å². The van der Waals surface area contributed by atoms with Crippen LogP contribution >= 0.6 is 11.3 Å². The number of amides is 1. The van der Waals surface area contributed by atoms with Gasteiger partial charge in [0.15, 0.2) is 0 Å². The molecule has 0 bridgehead atoms. The molecule has 2 aromatic carbocycles. The highest BCUT2D eigenvalue weighted by Crippen LogP contribution is 2.40. The van der Waals surface area contributed by atoms with Gasteiger partial charge < -0.3 is 14.8 Å². The molecule has 0 saturated carbocycles. The topological polar surface area (TPSA) is 64.6 Å².